The van der Waals surface area contributed by atoms with Gasteiger partial charge in [0.1, 0.15) is 5.78 Å². The van der Waals surface area contributed by atoms with E-state index in [1.165, 1.54) is 0 Å². The summed E-state index contributed by atoms with van der Waals surface area (Å²) >= 11 is 0. The van der Waals surface area contributed by atoms with Crippen molar-refractivity contribution < 1.29 is 14.3 Å². The number of rotatable bonds is 7. The molecule has 15 heavy (non-hydrogen) atoms. The molecule has 0 aromatic rings. The molecule has 0 amide bonds. The van der Waals surface area contributed by atoms with Gasteiger partial charge in [-0.25, -0.2) is 0 Å². The molecule has 1 unspecified atom stereocenters. The second-order valence-electron chi connectivity index (χ2n) is 4.43. The van der Waals surface area contributed by atoms with Crippen LogP contribution in [-0.4, -0.2) is 39.4 Å². The topological polar surface area (TPSA) is 47.6 Å². The fraction of sp³-hybridized carbons (Fsp3) is 0.909. The molecule has 0 bridgehead atoms. The van der Waals surface area contributed by atoms with E-state index in [1.807, 2.05) is 13.8 Å². The van der Waals surface area contributed by atoms with E-state index >= 15 is 0 Å². The van der Waals surface area contributed by atoms with Gasteiger partial charge in [-0.1, -0.05) is 13.8 Å². The molecular formula is C11H23NO3. The minimum Gasteiger partial charge on any atom is -0.356 e. The van der Waals surface area contributed by atoms with Crippen LogP contribution in [-0.2, 0) is 14.3 Å². The van der Waals surface area contributed by atoms with Gasteiger partial charge >= 0.3 is 0 Å². The summed E-state index contributed by atoms with van der Waals surface area (Å²) in [6.07, 6.45) is 0.403. The average Bonchev–Trinajstić information content (AvgIpc) is 2.14. The molecule has 0 rings (SSSR count). The summed E-state index contributed by atoms with van der Waals surface area (Å²) in [4.78, 5) is 11.4. The van der Waals surface area contributed by atoms with E-state index in [2.05, 4.69) is 5.32 Å². The van der Waals surface area contributed by atoms with E-state index in [4.69, 9.17) is 9.47 Å². The van der Waals surface area contributed by atoms with Crippen molar-refractivity contribution in [3.8, 4) is 0 Å². The Morgan fingerprint density at radius 2 is 1.80 bits per heavy atom. The zero-order valence-corrected chi connectivity index (χ0v) is 10.6. The van der Waals surface area contributed by atoms with Crippen LogP contribution in [0.15, 0.2) is 0 Å². The summed E-state index contributed by atoms with van der Waals surface area (Å²) in [5.41, 5.74) is -0.197. The second kappa shape index (κ2) is 6.20. The highest BCUT2D eigenvalue weighted by atomic mass is 16.7. The molecule has 1 atom stereocenters. The lowest BCUT2D eigenvalue weighted by atomic mass is 9.79. The molecule has 0 aliphatic heterocycles. The van der Waals surface area contributed by atoms with Crippen LogP contribution in [0.1, 0.15) is 27.2 Å². The molecule has 0 saturated heterocycles. The smallest absolute Gasteiger partial charge is 0.157 e. The number of Topliss-reactive ketones (excluding diaryl/α,β-unsaturated/α-hetero) is 1. The van der Waals surface area contributed by atoms with Gasteiger partial charge in [-0.2, -0.15) is 0 Å². The van der Waals surface area contributed by atoms with Gasteiger partial charge < -0.3 is 14.8 Å². The van der Waals surface area contributed by atoms with Gasteiger partial charge in [0.25, 0.3) is 0 Å². The maximum Gasteiger partial charge on any atom is 0.157 e. The van der Waals surface area contributed by atoms with Crippen molar-refractivity contribution in [3.63, 3.8) is 0 Å². The van der Waals surface area contributed by atoms with Crippen LogP contribution in [0.25, 0.3) is 0 Å². The Morgan fingerprint density at radius 3 is 2.07 bits per heavy atom. The molecule has 4 heteroatoms. The van der Waals surface area contributed by atoms with Crippen LogP contribution in [0.5, 0.6) is 0 Å². The number of ketones is 1. The van der Waals surface area contributed by atoms with Crippen LogP contribution >= 0.6 is 0 Å². The number of methoxy groups -OCH3 is 2. The van der Waals surface area contributed by atoms with Gasteiger partial charge in [-0.15, -0.1) is 0 Å². The van der Waals surface area contributed by atoms with E-state index in [0.717, 1.165) is 0 Å². The Balaban J connectivity index is 4.55. The predicted molar refractivity (Wildman–Crippen MR) is 59.7 cm³/mol. The van der Waals surface area contributed by atoms with Crippen molar-refractivity contribution in [3.05, 3.63) is 0 Å². The summed E-state index contributed by atoms with van der Waals surface area (Å²) in [7, 11) is 5.00. The number of ether oxygens (including phenoxy) is 2. The minimum atomic E-state index is -0.268. The molecule has 90 valence electrons. The number of nitrogens with one attached hydrogen (secondary N) is 1. The van der Waals surface area contributed by atoms with E-state index in [1.54, 1.807) is 28.2 Å². The lowest BCUT2D eigenvalue weighted by Crippen LogP contribution is -2.47. The number of hydrogen-bond donors (Lipinski definition) is 1. The van der Waals surface area contributed by atoms with E-state index < -0.39 is 0 Å². The SMILES string of the molecule is CNC(C(C)=O)C(C)(C)CC(OC)OC. The van der Waals surface area contributed by atoms with Gasteiger partial charge in [0.15, 0.2) is 6.29 Å². The Morgan fingerprint density at radius 1 is 1.33 bits per heavy atom. The van der Waals surface area contributed by atoms with Crippen LogP contribution in [0.4, 0.5) is 0 Å². The van der Waals surface area contributed by atoms with Crippen molar-refractivity contribution >= 4 is 5.78 Å². The molecule has 0 radical (unpaired) electrons. The van der Waals surface area contributed by atoms with Crippen molar-refractivity contribution in [2.45, 2.75) is 39.5 Å². The van der Waals surface area contributed by atoms with E-state index in [9.17, 15) is 4.79 Å². The highest BCUT2D eigenvalue weighted by molar-refractivity contribution is 5.82. The fourth-order valence-corrected chi connectivity index (χ4v) is 1.95. The first-order valence-corrected chi connectivity index (χ1v) is 5.12. The summed E-state index contributed by atoms with van der Waals surface area (Å²) < 4.78 is 10.3. The molecule has 0 aromatic carbocycles. The van der Waals surface area contributed by atoms with Gasteiger partial charge in [-0.05, 0) is 19.4 Å². The van der Waals surface area contributed by atoms with Crippen molar-refractivity contribution in [1.29, 1.82) is 0 Å². The molecule has 1 N–H and O–H groups in total. The third-order valence-electron chi connectivity index (χ3n) is 2.70. The maximum atomic E-state index is 11.4. The molecule has 0 spiro atoms. The minimum absolute atomic E-state index is 0.133. The van der Waals surface area contributed by atoms with Crippen molar-refractivity contribution in [2.24, 2.45) is 5.41 Å². The van der Waals surface area contributed by atoms with Crippen molar-refractivity contribution in [1.82, 2.24) is 5.32 Å². The van der Waals surface area contributed by atoms with E-state index in [-0.39, 0.29) is 23.5 Å². The quantitative estimate of drug-likeness (QED) is 0.651. The molecule has 0 saturated carbocycles. The van der Waals surface area contributed by atoms with Gasteiger partial charge in [0, 0.05) is 20.6 Å². The molecule has 0 aliphatic carbocycles. The lowest BCUT2D eigenvalue weighted by molar-refractivity contribution is -0.134. The Kier molecular flexibility index (Phi) is 6.02. The third-order valence-corrected chi connectivity index (χ3v) is 2.70. The first-order valence-electron chi connectivity index (χ1n) is 5.12. The van der Waals surface area contributed by atoms with Gasteiger partial charge in [0.05, 0.1) is 6.04 Å². The number of carbonyl (C=O) groups is 1. The third kappa shape index (κ3) is 4.28. The van der Waals surface area contributed by atoms with Crippen LogP contribution in [0.3, 0.4) is 0 Å². The Labute approximate surface area is 92.3 Å². The first-order chi connectivity index (χ1) is 6.88. The highest BCUT2D eigenvalue weighted by Gasteiger charge is 2.34. The van der Waals surface area contributed by atoms with Crippen LogP contribution < -0.4 is 5.32 Å². The molecule has 4 nitrogen and oxygen atoms in total. The fourth-order valence-electron chi connectivity index (χ4n) is 1.95. The summed E-state index contributed by atoms with van der Waals surface area (Å²) in [5.74, 6) is 0.133. The summed E-state index contributed by atoms with van der Waals surface area (Å²) in [5, 5.41) is 3.03. The van der Waals surface area contributed by atoms with Crippen LogP contribution in [0.2, 0.25) is 0 Å². The lowest BCUT2D eigenvalue weighted by Gasteiger charge is -2.34. The average molecular weight is 217 g/mol. The molecule has 0 aliphatic rings. The Bertz CT molecular complexity index is 200. The maximum absolute atomic E-state index is 11.4. The normalized spacial score (nSPS) is 14.3. The zero-order chi connectivity index (χ0) is 12.1. The Hall–Kier alpha value is -0.450. The predicted octanol–water partition coefficient (Wildman–Crippen LogP) is 1.20. The molecule has 0 aromatic heterocycles. The highest BCUT2D eigenvalue weighted by Crippen LogP contribution is 2.28. The molecule has 0 heterocycles. The number of likely N-dealkylation sites (N-methyl/N-ethyl adjacent to an activating group) is 1. The van der Waals surface area contributed by atoms with Crippen LogP contribution in [0, 0.1) is 5.41 Å². The summed E-state index contributed by atoms with van der Waals surface area (Å²) in [6.45, 7) is 5.65. The summed E-state index contributed by atoms with van der Waals surface area (Å²) in [6, 6.07) is -0.176. The molecular weight excluding hydrogens is 194 g/mol. The van der Waals surface area contributed by atoms with E-state index in [0.29, 0.717) is 6.42 Å². The van der Waals surface area contributed by atoms with Gasteiger partial charge in [0.2, 0.25) is 0 Å². The largest absolute Gasteiger partial charge is 0.356 e. The monoisotopic (exact) mass is 217 g/mol. The molecule has 0 fully saturated rings. The first kappa shape index (κ1) is 14.6. The standard InChI is InChI=1S/C11H23NO3/c1-8(13)10(12-4)11(2,3)7-9(14-5)15-6/h9-10,12H,7H2,1-6H3. The second-order valence-corrected chi connectivity index (χ2v) is 4.43. The van der Waals surface area contributed by atoms with Gasteiger partial charge in [-0.3, -0.25) is 4.79 Å². The number of carbonyl (C=O) groups excluding carboxylic acids is 1. The van der Waals surface area contributed by atoms with Crippen molar-refractivity contribution in [2.75, 3.05) is 21.3 Å². The zero-order valence-electron chi connectivity index (χ0n) is 10.6. The number of hydrogen-bond acceptors (Lipinski definition) is 4.